The van der Waals surface area contributed by atoms with Crippen molar-refractivity contribution in [3.8, 4) is 0 Å². The van der Waals surface area contributed by atoms with E-state index in [1.807, 2.05) is 18.2 Å². The molecule has 0 aliphatic heterocycles. The highest BCUT2D eigenvalue weighted by molar-refractivity contribution is 6.37. The van der Waals surface area contributed by atoms with Crippen LogP contribution in [0, 0.1) is 5.82 Å². The maximum atomic E-state index is 14.2. The van der Waals surface area contributed by atoms with Gasteiger partial charge in [0.15, 0.2) is 0 Å². The quantitative estimate of drug-likeness (QED) is 0.570. The van der Waals surface area contributed by atoms with E-state index in [2.05, 4.69) is 0 Å². The molecule has 0 radical (unpaired) electrons. The van der Waals surface area contributed by atoms with Crippen molar-refractivity contribution in [2.45, 2.75) is 0 Å². The number of benzene rings is 3. The van der Waals surface area contributed by atoms with Crippen LogP contribution in [0.3, 0.4) is 0 Å². The zero-order chi connectivity index (χ0) is 16.4. The fourth-order valence-corrected chi connectivity index (χ4v) is 2.95. The van der Waals surface area contributed by atoms with Crippen molar-refractivity contribution < 1.29 is 9.18 Å². The second-order valence-corrected chi connectivity index (χ2v) is 5.61. The molecular weight excluding hydrogens is 336 g/mol. The first kappa shape index (κ1) is 15.8. The van der Waals surface area contributed by atoms with E-state index >= 15 is 0 Å². The molecule has 0 atom stereocenters. The van der Waals surface area contributed by atoms with Crippen LogP contribution in [-0.4, -0.2) is 11.8 Å². The summed E-state index contributed by atoms with van der Waals surface area (Å²) in [5.41, 5.74) is 1.05. The molecule has 0 saturated heterocycles. The van der Waals surface area contributed by atoms with Crippen molar-refractivity contribution in [2.75, 3.05) is 10.8 Å². The molecule has 0 unspecified atom stereocenters. The van der Waals surface area contributed by atoms with Crippen molar-refractivity contribution in [2.24, 2.45) is 0 Å². The van der Waals surface area contributed by atoms with E-state index in [-0.39, 0.29) is 16.8 Å². The highest BCUT2D eigenvalue weighted by Crippen LogP contribution is 2.39. The molecule has 0 N–H and O–H groups in total. The number of hydrogen-bond acceptors (Lipinski definition) is 1. The lowest BCUT2D eigenvalue weighted by molar-refractivity contribution is -0.115. The molecule has 5 heteroatoms. The van der Waals surface area contributed by atoms with Gasteiger partial charge in [0.1, 0.15) is 11.7 Å². The highest BCUT2D eigenvalue weighted by atomic mass is 35.5. The SMILES string of the molecule is O=C(CCl)N(c1ccccc1)c1c(Cl)cc(F)c2ccccc12. The minimum Gasteiger partial charge on any atom is -0.278 e. The lowest BCUT2D eigenvalue weighted by Gasteiger charge is -2.25. The lowest BCUT2D eigenvalue weighted by atomic mass is 10.1. The molecule has 3 rings (SSSR count). The third-order valence-corrected chi connectivity index (χ3v) is 4.04. The molecule has 0 saturated carbocycles. The van der Waals surface area contributed by atoms with Crippen molar-refractivity contribution in [1.29, 1.82) is 0 Å². The summed E-state index contributed by atoms with van der Waals surface area (Å²) < 4.78 is 14.2. The van der Waals surface area contributed by atoms with E-state index in [0.717, 1.165) is 0 Å². The fraction of sp³-hybridized carbons (Fsp3) is 0.0556. The van der Waals surface area contributed by atoms with Crippen molar-refractivity contribution in [3.63, 3.8) is 0 Å². The molecule has 0 spiro atoms. The van der Waals surface area contributed by atoms with Crippen molar-refractivity contribution >= 4 is 51.3 Å². The van der Waals surface area contributed by atoms with Gasteiger partial charge in [0.2, 0.25) is 5.91 Å². The lowest BCUT2D eigenvalue weighted by Crippen LogP contribution is -2.27. The van der Waals surface area contributed by atoms with Gasteiger partial charge in [0.25, 0.3) is 0 Å². The summed E-state index contributed by atoms with van der Waals surface area (Å²) in [7, 11) is 0. The standard InChI is InChI=1S/C18H12Cl2FNO/c19-11-17(23)22(12-6-2-1-3-7-12)18-14-9-5-4-8-13(14)16(21)10-15(18)20/h1-10H,11H2. The third kappa shape index (κ3) is 2.90. The Labute approximate surface area is 143 Å². The Morgan fingerprint density at radius 2 is 1.61 bits per heavy atom. The topological polar surface area (TPSA) is 20.3 Å². The van der Waals surface area contributed by atoms with Crippen molar-refractivity contribution in [1.82, 2.24) is 0 Å². The van der Waals surface area contributed by atoms with Crippen LogP contribution in [0.25, 0.3) is 10.8 Å². The van der Waals surface area contributed by atoms with Crippen LogP contribution in [0.1, 0.15) is 0 Å². The molecular formula is C18H12Cl2FNO. The minimum atomic E-state index is -0.430. The van der Waals surface area contributed by atoms with E-state index in [1.54, 1.807) is 36.4 Å². The normalized spacial score (nSPS) is 10.7. The van der Waals surface area contributed by atoms with E-state index in [1.165, 1.54) is 11.0 Å². The first-order valence-electron chi connectivity index (χ1n) is 6.94. The molecule has 2 nitrogen and oxygen atoms in total. The van der Waals surface area contributed by atoms with Crippen molar-refractivity contribution in [3.05, 3.63) is 71.5 Å². The molecule has 23 heavy (non-hydrogen) atoms. The summed E-state index contributed by atoms with van der Waals surface area (Å²) in [6.07, 6.45) is 0. The predicted molar refractivity (Wildman–Crippen MR) is 93.2 cm³/mol. The molecule has 0 bridgehead atoms. The zero-order valence-electron chi connectivity index (χ0n) is 12.0. The molecule has 3 aromatic rings. The first-order valence-corrected chi connectivity index (χ1v) is 7.85. The highest BCUT2D eigenvalue weighted by Gasteiger charge is 2.23. The minimum absolute atomic E-state index is 0.156. The van der Waals surface area contributed by atoms with Gasteiger partial charge in [-0.3, -0.25) is 9.69 Å². The summed E-state index contributed by atoms with van der Waals surface area (Å²) >= 11 is 12.1. The molecule has 3 aromatic carbocycles. The molecule has 0 aliphatic carbocycles. The van der Waals surface area contributed by atoms with E-state index in [4.69, 9.17) is 23.2 Å². The number of halogens is 3. The fourth-order valence-electron chi connectivity index (χ4n) is 2.55. The van der Waals surface area contributed by atoms with Gasteiger partial charge in [0.05, 0.1) is 10.7 Å². The Morgan fingerprint density at radius 3 is 2.26 bits per heavy atom. The Hall–Kier alpha value is -2.10. The number of carbonyl (C=O) groups is 1. The number of rotatable bonds is 3. The molecule has 0 fully saturated rings. The predicted octanol–water partition coefficient (Wildman–Crippen LogP) is 5.54. The van der Waals surface area contributed by atoms with Gasteiger partial charge < -0.3 is 0 Å². The number of fused-ring (bicyclic) bond motifs is 1. The van der Waals surface area contributed by atoms with Crippen LogP contribution in [0.15, 0.2) is 60.7 Å². The smallest absolute Gasteiger partial charge is 0.246 e. The molecule has 0 heterocycles. The van der Waals surface area contributed by atoms with Crippen LogP contribution >= 0.6 is 23.2 Å². The number of anilines is 2. The zero-order valence-corrected chi connectivity index (χ0v) is 13.5. The van der Waals surface area contributed by atoms with Gasteiger partial charge in [-0.2, -0.15) is 0 Å². The second-order valence-electron chi connectivity index (χ2n) is 4.93. The maximum absolute atomic E-state index is 14.2. The average molecular weight is 348 g/mol. The van der Waals surface area contributed by atoms with Crippen LogP contribution in [0.2, 0.25) is 5.02 Å². The first-order chi connectivity index (χ1) is 11.1. The van der Waals surface area contributed by atoms with Gasteiger partial charge in [-0.05, 0) is 18.2 Å². The number of para-hydroxylation sites is 1. The van der Waals surface area contributed by atoms with E-state index < -0.39 is 5.82 Å². The molecule has 1 amide bonds. The molecule has 0 aliphatic rings. The maximum Gasteiger partial charge on any atom is 0.246 e. The molecule has 0 aromatic heterocycles. The summed E-state index contributed by atoms with van der Waals surface area (Å²) in [5, 5.41) is 1.11. The average Bonchev–Trinajstić information content (AvgIpc) is 2.58. The van der Waals surface area contributed by atoms with Crippen LogP contribution < -0.4 is 4.90 Å². The van der Waals surface area contributed by atoms with Gasteiger partial charge in [-0.25, -0.2) is 4.39 Å². The summed E-state index contributed by atoms with van der Waals surface area (Å²) in [5.74, 6) is -0.978. The van der Waals surface area contributed by atoms with Gasteiger partial charge in [-0.1, -0.05) is 54.1 Å². The van der Waals surface area contributed by atoms with E-state index in [0.29, 0.717) is 22.1 Å². The largest absolute Gasteiger partial charge is 0.278 e. The Bertz CT molecular complexity index is 868. The number of alkyl halides is 1. The van der Waals surface area contributed by atoms with Crippen LogP contribution in [0.4, 0.5) is 15.8 Å². The number of amides is 1. The monoisotopic (exact) mass is 347 g/mol. The van der Waals surface area contributed by atoms with Crippen LogP contribution in [0.5, 0.6) is 0 Å². The second kappa shape index (κ2) is 6.57. The molecule has 116 valence electrons. The van der Waals surface area contributed by atoms with Gasteiger partial charge in [0, 0.05) is 16.5 Å². The van der Waals surface area contributed by atoms with Crippen LogP contribution in [-0.2, 0) is 4.79 Å². The Morgan fingerprint density at radius 1 is 1.00 bits per heavy atom. The third-order valence-electron chi connectivity index (χ3n) is 3.52. The van der Waals surface area contributed by atoms with E-state index in [9.17, 15) is 9.18 Å². The summed E-state index contributed by atoms with van der Waals surface area (Å²) in [4.78, 5) is 13.9. The number of carbonyl (C=O) groups excluding carboxylic acids is 1. The van der Waals surface area contributed by atoms with Gasteiger partial charge >= 0.3 is 0 Å². The van der Waals surface area contributed by atoms with Gasteiger partial charge in [-0.15, -0.1) is 11.6 Å². The Kier molecular flexibility index (Phi) is 4.51. The summed E-state index contributed by atoms with van der Waals surface area (Å²) in [6, 6.07) is 17.1. The summed E-state index contributed by atoms with van der Waals surface area (Å²) in [6.45, 7) is 0. The Balaban J connectivity index is 2.33. The number of nitrogens with zero attached hydrogens (tertiary/aromatic N) is 1. The number of hydrogen-bond donors (Lipinski definition) is 0.